The zero-order valence-electron chi connectivity index (χ0n) is 11.9. The lowest BCUT2D eigenvalue weighted by Gasteiger charge is -2.29. The molecule has 4 nitrogen and oxygen atoms in total. The van der Waals surface area contributed by atoms with E-state index < -0.39 is 0 Å². The number of para-hydroxylation sites is 1. The number of carbonyl (C=O) groups is 1. The van der Waals surface area contributed by atoms with Gasteiger partial charge in [-0.15, -0.1) is 0 Å². The van der Waals surface area contributed by atoms with Crippen LogP contribution in [0.15, 0.2) is 54.6 Å². The minimum atomic E-state index is -0.0759. The fraction of sp³-hybridized carbons (Fsp3) is 0.235. The first-order valence-electron chi connectivity index (χ1n) is 7.25. The van der Waals surface area contributed by atoms with Crippen molar-refractivity contribution in [2.24, 2.45) is 0 Å². The average Bonchev–Trinajstić information content (AvgIpc) is 2.57. The first-order chi connectivity index (χ1) is 10.3. The maximum atomic E-state index is 12.2. The van der Waals surface area contributed by atoms with Crippen molar-refractivity contribution in [3.63, 3.8) is 0 Å². The molecule has 0 aliphatic carbocycles. The normalized spacial score (nSPS) is 14.8. The van der Waals surface area contributed by atoms with E-state index in [0.29, 0.717) is 5.56 Å². The van der Waals surface area contributed by atoms with Gasteiger partial charge in [0.25, 0.3) is 5.91 Å². The number of nitrogens with zero attached hydrogens (tertiary/aromatic N) is 1. The van der Waals surface area contributed by atoms with Gasteiger partial charge in [-0.1, -0.05) is 18.2 Å². The van der Waals surface area contributed by atoms with Crippen LogP contribution in [0.5, 0.6) is 0 Å². The van der Waals surface area contributed by atoms with Crippen LogP contribution in [0, 0.1) is 0 Å². The maximum absolute atomic E-state index is 12.2. The minimum Gasteiger partial charge on any atom is -0.369 e. The lowest BCUT2D eigenvalue weighted by atomic mass is 10.1. The van der Waals surface area contributed by atoms with Crippen molar-refractivity contribution in [1.82, 2.24) is 5.32 Å². The highest BCUT2D eigenvalue weighted by Gasteiger charge is 2.11. The molecule has 2 aromatic rings. The molecule has 1 saturated heterocycles. The molecule has 2 aromatic carbocycles. The predicted octanol–water partition coefficient (Wildman–Crippen LogP) is 2.35. The molecule has 108 valence electrons. The lowest BCUT2D eigenvalue weighted by molar-refractivity contribution is 0.102. The molecule has 1 aliphatic rings. The van der Waals surface area contributed by atoms with Crippen LogP contribution >= 0.6 is 0 Å². The second-order valence-electron chi connectivity index (χ2n) is 5.10. The summed E-state index contributed by atoms with van der Waals surface area (Å²) in [5, 5.41) is 6.23. The van der Waals surface area contributed by atoms with Crippen LogP contribution in [-0.4, -0.2) is 32.1 Å². The van der Waals surface area contributed by atoms with Gasteiger partial charge in [0, 0.05) is 43.1 Å². The van der Waals surface area contributed by atoms with E-state index in [-0.39, 0.29) is 5.91 Å². The summed E-state index contributed by atoms with van der Waals surface area (Å²) in [4.78, 5) is 14.5. The van der Waals surface area contributed by atoms with E-state index in [4.69, 9.17) is 0 Å². The number of nitrogens with one attached hydrogen (secondary N) is 2. The molecule has 3 rings (SSSR count). The molecule has 0 aromatic heterocycles. The van der Waals surface area contributed by atoms with Crippen LogP contribution in [0.25, 0.3) is 0 Å². The molecular weight excluding hydrogens is 262 g/mol. The Morgan fingerprint density at radius 1 is 0.952 bits per heavy atom. The number of piperazine rings is 1. The molecule has 21 heavy (non-hydrogen) atoms. The standard InChI is InChI=1S/C17H19N3O/c21-17(19-15-4-2-1-3-5-15)14-6-8-16(9-7-14)20-12-10-18-11-13-20/h1-9,18H,10-13H2,(H,19,21). The Kier molecular flexibility index (Phi) is 4.17. The van der Waals surface area contributed by atoms with E-state index >= 15 is 0 Å². The first-order valence-corrected chi connectivity index (χ1v) is 7.25. The molecular formula is C17H19N3O. The van der Waals surface area contributed by atoms with Gasteiger partial charge in [0.2, 0.25) is 0 Å². The van der Waals surface area contributed by atoms with Crippen molar-refractivity contribution >= 4 is 17.3 Å². The second kappa shape index (κ2) is 6.41. The molecule has 1 amide bonds. The van der Waals surface area contributed by atoms with Crippen molar-refractivity contribution < 1.29 is 4.79 Å². The van der Waals surface area contributed by atoms with Gasteiger partial charge in [0.1, 0.15) is 0 Å². The number of hydrogen-bond donors (Lipinski definition) is 2. The van der Waals surface area contributed by atoms with Gasteiger partial charge in [0.15, 0.2) is 0 Å². The van der Waals surface area contributed by atoms with E-state index in [9.17, 15) is 4.79 Å². The molecule has 4 heteroatoms. The van der Waals surface area contributed by atoms with E-state index in [0.717, 1.165) is 31.9 Å². The maximum Gasteiger partial charge on any atom is 0.255 e. The summed E-state index contributed by atoms with van der Waals surface area (Å²) in [5.74, 6) is -0.0759. The third-order valence-electron chi connectivity index (χ3n) is 3.64. The van der Waals surface area contributed by atoms with Crippen LogP contribution in [-0.2, 0) is 0 Å². The van der Waals surface area contributed by atoms with E-state index in [1.165, 1.54) is 5.69 Å². The summed E-state index contributed by atoms with van der Waals surface area (Å²) < 4.78 is 0. The molecule has 1 fully saturated rings. The van der Waals surface area contributed by atoms with Gasteiger partial charge >= 0.3 is 0 Å². The number of anilines is 2. The summed E-state index contributed by atoms with van der Waals surface area (Å²) in [6, 6.07) is 17.3. The Labute approximate surface area is 124 Å². The third-order valence-corrected chi connectivity index (χ3v) is 3.64. The molecule has 0 atom stereocenters. The molecule has 0 unspecified atom stereocenters. The number of benzene rings is 2. The largest absolute Gasteiger partial charge is 0.369 e. The van der Waals surface area contributed by atoms with Gasteiger partial charge in [-0.2, -0.15) is 0 Å². The Morgan fingerprint density at radius 3 is 2.29 bits per heavy atom. The third kappa shape index (κ3) is 3.41. The summed E-state index contributed by atoms with van der Waals surface area (Å²) in [6.45, 7) is 4.04. The van der Waals surface area contributed by atoms with Gasteiger partial charge in [-0.05, 0) is 36.4 Å². The highest BCUT2D eigenvalue weighted by atomic mass is 16.1. The molecule has 0 radical (unpaired) electrons. The highest BCUT2D eigenvalue weighted by Crippen LogP contribution is 2.16. The van der Waals surface area contributed by atoms with Crippen LogP contribution < -0.4 is 15.5 Å². The quantitative estimate of drug-likeness (QED) is 0.907. The minimum absolute atomic E-state index is 0.0759. The van der Waals surface area contributed by atoms with Crippen LogP contribution in [0.4, 0.5) is 11.4 Å². The van der Waals surface area contributed by atoms with Crippen LogP contribution in [0.2, 0.25) is 0 Å². The number of amides is 1. The van der Waals surface area contributed by atoms with Gasteiger partial charge in [-0.25, -0.2) is 0 Å². The Bertz CT molecular complexity index is 589. The first kappa shape index (κ1) is 13.6. The summed E-state index contributed by atoms with van der Waals surface area (Å²) in [5.41, 5.74) is 2.67. The molecule has 1 heterocycles. The van der Waals surface area contributed by atoms with Gasteiger partial charge in [0.05, 0.1) is 0 Å². The number of carbonyl (C=O) groups excluding carboxylic acids is 1. The zero-order chi connectivity index (χ0) is 14.5. The molecule has 0 bridgehead atoms. The Morgan fingerprint density at radius 2 is 1.62 bits per heavy atom. The van der Waals surface area contributed by atoms with E-state index in [1.54, 1.807) is 0 Å². The lowest BCUT2D eigenvalue weighted by Crippen LogP contribution is -2.43. The van der Waals surface area contributed by atoms with E-state index in [1.807, 2.05) is 54.6 Å². The number of rotatable bonds is 3. The predicted molar refractivity (Wildman–Crippen MR) is 85.9 cm³/mol. The number of hydrogen-bond acceptors (Lipinski definition) is 3. The van der Waals surface area contributed by atoms with Crippen molar-refractivity contribution in [1.29, 1.82) is 0 Å². The zero-order valence-corrected chi connectivity index (χ0v) is 11.9. The van der Waals surface area contributed by atoms with E-state index in [2.05, 4.69) is 15.5 Å². The molecule has 0 saturated carbocycles. The average molecular weight is 281 g/mol. The topological polar surface area (TPSA) is 44.4 Å². The summed E-state index contributed by atoms with van der Waals surface area (Å²) in [6.07, 6.45) is 0. The Hall–Kier alpha value is -2.33. The van der Waals surface area contributed by atoms with Crippen molar-refractivity contribution in [3.05, 3.63) is 60.2 Å². The van der Waals surface area contributed by atoms with Crippen molar-refractivity contribution in [2.45, 2.75) is 0 Å². The van der Waals surface area contributed by atoms with Crippen molar-refractivity contribution in [2.75, 3.05) is 36.4 Å². The van der Waals surface area contributed by atoms with Crippen molar-refractivity contribution in [3.8, 4) is 0 Å². The molecule has 0 spiro atoms. The summed E-state index contributed by atoms with van der Waals surface area (Å²) in [7, 11) is 0. The smallest absolute Gasteiger partial charge is 0.255 e. The van der Waals surface area contributed by atoms with Crippen LogP contribution in [0.1, 0.15) is 10.4 Å². The Balaban J connectivity index is 1.67. The molecule has 2 N–H and O–H groups in total. The van der Waals surface area contributed by atoms with Gasteiger partial charge in [-0.3, -0.25) is 4.79 Å². The monoisotopic (exact) mass is 281 g/mol. The fourth-order valence-electron chi connectivity index (χ4n) is 2.47. The van der Waals surface area contributed by atoms with Gasteiger partial charge < -0.3 is 15.5 Å². The molecule has 1 aliphatic heterocycles. The highest BCUT2D eigenvalue weighted by molar-refractivity contribution is 6.04. The fourth-order valence-corrected chi connectivity index (χ4v) is 2.47. The second-order valence-corrected chi connectivity index (χ2v) is 5.10. The SMILES string of the molecule is O=C(Nc1ccccc1)c1ccc(N2CCNCC2)cc1. The van der Waals surface area contributed by atoms with Crippen LogP contribution in [0.3, 0.4) is 0 Å². The summed E-state index contributed by atoms with van der Waals surface area (Å²) >= 11 is 0.